The SMILES string of the molecule is CC(C)SOC1O[C@@H](C(O)CO)[C@H](O)[C@H]1O. The molecule has 7 heteroatoms. The van der Waals surface area contributed by atoms with Gasteiger partial charge in [0.05, 0.1) is 6.61 Å². The predicted octanol–water partition coefficient (Wildman–Crippen LogP) is -1.14. The summed E-state index contributed by atoms with van der Waals surface area (Å²) < 4.78 is 10.3. The van der Waals surface area contributed by atoms with Crippen molar-refractivity contribution in [1.29, 1.82) is 0 Å². The molecular weight excluding hydrogens is 236 g/mol. The Labute approximate surface area is 98.4 Å². The van der Waals surface area contributed by atoms with Gasteiger partial charge in [0.25, 0.3) is 0 Å². The molecule has 0 amide bonds. The molecule has 1 heterocycles. The highest BCUT2D eigenvalue weighted by Gasteiger charge is 2.46. The van der Waals surface area contributed by atoms with Gasteiger partial charge in [-0.25, -0.2) is 0 Å². The maximum Gasteiger partial charge on any atom is 0.199 e. The number of hydrogen-bond acceptors (Lipinski definition) is 7. The van der Waals surface area contributed by atoms with Crippen LogP contribution in [0.2, 0.25) is 0 Å². The van der Waals surface area contributed by atoms with E-state index in [0.717, 1.165) is 12.0 Å². The van der Waals surface area contributed by atoms with E-state index in [4.69, 9.17) is 14.0 Å². The third-order valence-corrected chi connectivity index (χ3v) is 2.85. The summed E-state index contributed by atoms with van der Waals surface area (Å²) in [6.45, 7) is 3.27. The normalized spacial score (nSPS) is 36.9. The monoisotopic (exact) mass is 254 g/mol. The maximum atomic E-state index is 9.58. The van der Waals surface area contributed by atoms with Gasteiger partial charge in [0.2, 0.25) is 0 Å². The third kappa shape index (κ3) is 3.30. The number of hydrogen-bond donors (Lipinski definition) is 4. The number of rotatable bonds is 5. The van der Waals surface area contributed by atoms with Gasteiger partial charge in [0, 0.05) is 5.25 Å². The van der Waals surface area contributed by atoms with Gasteiger partial charge in [-0.2, -0.15) is 0 Å². The second-order valence-electron chi connectivity index (χ2n) is 3.94. The Hall–Kier alpha value is 0.110. The molecule has 0 bridgehead atoms. The van der Waals surface area contributed by atoms with Crippen LogP contribution < -0.4 is 0 Å². The van der Waals surface area contributed by atoms with Gasteiger partial charge in [-0.15, -0.1) is 0 Å². The van der Waals surface area contributed by atoms with E-state index in [-0.39, 0.29) is 5.25 Å². The van der Waals surface area contributed by atoms with E-state index in [0.29, 0.717) is 0 Å². The lowest BCUT2D eigenvalue weighted by atomic mass is 10.1. The van der Waals surface area contributed by atoms with Crippen LogP contribution >= 0.6 is 12.0 Å². The Kier molecular flexibility index (Phi) is 5.45. The maximum absolute atomic E-state index is 9.58. The molecule has 0 aliphatic carbocycles. The molecule has 1 saturated heterocycles. The molecule has 1 aliphatic rings. The molecule has 0 aromatic carbocycles. The van der Waals surface area contributed by atoms with Crippen molar-refractivity contribution in [2.24, 2.45) is 0 Å². The van der Waals surface area contributed by atoms with Gasteiger partial charge >= 0.3 is 0 Å². The summed E-state index contributed by atoms with van der Waals surface area (Å²) in [5.41, 5.74) is 0. The van der Waals surface area contributed by atoms with Crippen molar-refractivity contribution in [3.05, 3.63) is 0 Å². The summed E-state index contributed by atoms with van der Waals surface area (Å²) in [6, 6.07) is 0. The molecule has 0 spiro atoms. The Morgan fingerprint density at radius 2 is 1.94 bits per heavy atom. The van der Waals surface area contributed by atoms with E-state index in [1.807, 2.05) is 13.8 Å². The summed E-state index contributed by atoms with van der Waals surface area (Å²) in [7, 11) is 0. The third-order valence-electron chi connectivity index (χ3n) is 2.17. The van der Waals surface area contributed by atoms with Crippen molar-refractivity contribution in [1.82, 2.24) is 0 Å². The Bertz CT molecular complexity index is 214. The minimum atomic E-state index is -1.26. The van der Waals surface area contributed by atoms with Crippen LogP contribution in [0, 0.1) is 0 Å². The van der Waals surface area contributed by atoms with Crippen LogP contribution in [0.3, 0.4) is 0 Å². The van der Waals surface area contributed by atoms with Crippen molar-refractivity contribution in [2.75, 3.05) is 6.61 Å². The van der Waals surface area contributed by atoms with E-state index in [1.165, 1.54) is 0 Å². The van der Waals surface area contributed by atoms with Crippen molar-refractivity contribution in [2.45, 2.75) is 49.8 Å². The number of aliphatic hydroxyl groups is 4. The van der Waals surface area contributed by atoms with Crippen LogP contribution in [0.4, 0.5) is 0 Å². The Balaban J connectivity index is 2.50. The van der Waals surface area contributed by atoms with Crippen LogP contribution in [-0.4, -0.2) is 63.0 Å². The van der Waals surface area contributed by atoms with Crippen LogP contribution in [0.5, 0.6) is 0 Å². The van der Waals surface area contributed by atoms with Crippen molar-refractivity contribution >= 4 is 12.0 Å². The minimum absolute atomic E-state index is 0.190. The molecular formula is C9H18O6S. The van der Waals surface area contributed by atoms with Crippen LogP contribution in [0.25, 0.3) is 0 Å². The number of ether oxygens (including phenoxy) is 1. The molecule has 0 aromatic heterocycles. The Morgan fingerprint density at radius 3 is 2.44 bits per heavy atom. The summed E-state index contributed by atoms with van der Waals surface area (Å²) in [5.74, 6) is 0. The highest BCUT2D eigenvalue weighted by molar-refractivity contribution is 7.95. The van der Waals surface area contributed by atoms with Gasteiger partial charge in [-0.1, -0.05) is 13.8 Å². The van der Waals surface area contributed by atoms with Gasteiger partial charge in [-0.05, 0) is 12.0 Å². The zero-order valence-electron chi connectivity index (χ0n) is 9.18. The van der Waals surface area contributed by atoms with Crippen LogP contribution in [-0.2, 0) is 8.92 Å². The first-order chi connectivity index (χ1) is 7.47. The lowest BCUT2D eigenvalue weighted by Crippen LogP contribution is -2.40. The average molecular weight is 254 g/mol. The van der Waals surface area contributed by atoms with Crippen molar-refractivity contribution in [3.8, 4) is 0 Å². The first kappa shape index (κ1) is 14.2. The van der Waals surface area contributed by atoms with Gasteiger partial charge in [0.1, 0.15) is 24.4 Å². The predicted molar refractivity (Wildman–Crippen MR) is 57.6 cm³/mol. The first-order valence-corrected chi connectivity index (χ1v) is 5.90. The summed E-state index contributed by atoms with van der Waals surface area (Å²) in [6.07, 6.45) is -5.74. The molecule has 16 heavy (non-hydrogen) atoms. The first-order valence-electron chi connectivity index (χ1n) is 5.10. The lowest BCUT2D eigenvalue weighted by molar-refractivity contribution is -0.131. The summed E-state index contributed by atoms with van der Waals surface area (Å²) in [4.78, 5) is 0. The van der Waals surface area contributed by atoms with Crippen LogP contribution in [0.1, 0.15) is 13.8 Å². The molecule has 1 fully saturated rings. The van der Waals surface area contributed by atoms with Gasteiger partial charge < -0.3 is 25.2 Å². The molecule has 1 rings (SSSR count). The topological polar surface area (TPSA) is 99.4 Å². The molecule has 96 valence electrons. The van der Waals surface area contributed by atoms with E-state index in [2.05, 4.69) is 0 Å². The highest BCUT2D eigenvalue weighted by Crippen LogP contribution is 2.28. The molecule has 0 aromatic rings. The van der Waals surface area contributed by atoms with E-state index in [9.17, 15) is 15.3 Å². The van der Waals surface area contributed by atoms with Gasteiger partial charge in [-0.3, -0.25) is 4.18 Å². The largest absolute Gasteiger partial charge is 0.394 e. The van der Waals surface area contributed by atoms with E-state index in [1.54, 1.807) is 0 Å². The summed E-state index contributed by atoms with van der Waals surface area (Å²) in [5, 5.41) is 37.4. The van der Waals surface area contributed by atoms with Crippen molar-refractivity contribution < 1.29 is 29.3 Å². The number of aliphatic hydroxyl groups excluding tert-OH is 4. The molecule has 0 saturated carbocycles. The zero-order chi connectivity index (χ0) is 12.3. The standard InChI is InChI=1S/C9H18O6S/c1-4(2)16-15-9-7(13)6(12)8(14-9)5(11)3-10/h4-13H,3H2,1-2H3/t5?,6-,7-,8+,9?/m1/s1. The molecule has 2 unspecified atom stereocenters. The average Bonchev–Trinajstić information content (AvgIpc) is 2.52. The van der Waals surface area contributed by atoms with E-state index >= 15 is 0 Å². The second kappa shape index (κ2) is 6.15. The molecule has 0 radical (unpaired) electrons. The lowest BCUT2D eigenvalue weighted by Gasteiger charge is -2.18. The minimum Gasteiger partial charge on any atom is -0.394 e. The quantitative estimate of drug-likeness (QED) is 0.460. The van der Waals surface area contributed by atoms with Gasteiger partial charge in [0.15, 0.2) is 6.29 Å². The second-order valence-corrected chi connectivity index (χ2v) is 5.27. The molecule has 5 atom stereocenters. The van der Waals surface area contributed by atoms with E-state index < -0.39 is 37.3 Å². The zero-order valence-corrected chi connectivity index (χ0v) is 10.0. The fourth-order valence-corrected chi connectivity index (χ4v) is 1.83. The van der Waals surface area contributed by atoms with Crippen molar-refractivity contribution in [3.63, 3.8) is 0 Å². The fraction of sp³-hybridized carbons (Fsp3) is 1.00. The fourth-order valence-electron chi connectivity index (χ4n) is 1.34. The smallest absolute Gasteiger partial charge is 0.199 e. The highest BCUT2D eigenvalue weighted by atomic mass is 32.2. The molecule has 1 aliphatic heterocycles. The molecule has 6 nitrogen and oxygen atoms in total. The molecule has 4 N–H and O–H groups in total. The Morgan fingerprint density at radius 1 is 1.31 bits per heavy atom. The van der Waals surface area contributed by atoms with Crippen LogP contribution in [0.15, 0.2) is 0 Å². The summed E-state index contributed by atoms with van der Waals surface area (Å²) >= 11 is 1.12.